The molecule has 2 saturated heterocycles. The summed E-state index contributed by atoms with van der Waals surface area (Å²) < 4.78 is 27.6. The van der Waals surface area contributed by atoms with Crippen molar-refractivity contribution >= 4 is 27.6 Å². The van der Waals surface area contributed by atoms with E-state index in [2.05, 4.69) is 29.6 Å². The number of carbonyl (C=O) groups is 2. The molecule has 0 aromatic heterocycles. The Labute approximate surface area is 195 Å². The summed E-state index contributed by atoms with van der Waals surface area (Å²) in [6.45, 7) is 6.15. The minimum atomic E-state index is -3.62. The zero-order chi connectivity index (χ0) is 23.6. The van der Waals surface area contributed by atoms with E-state index in [9.17, 15) is 18.0 Å². The number of urea groups is 1. The minimum Gasteiger partial charge on any atom is -0.326 e. The molecule has 0 bridgehead atoms. The average Bonchev–Trinajstić information content (AvgIpc) is 3.15. The number of nitrogens with zero attached hydrogens (tertiary/aromatic N) is 3. The van der Waals surface area contributed by atoms with Crippen LogP contribution in [0.4, 0.5) is 10.5 Å². The molecule has 9 heteroatoms. The number of anilines is 1. The summed E-state index contributed by atoms with van der Waals surface area (Å²) in [5.41, 5.74) is 2.86. The number of piperidine rings is 1. The van der Waals surface area contributed by atoms with Crippen LogP contribution in [0.2, 0.25) is 0 Å². The molecular formula is C24H30N4O4S. The second kappa shape index (κ2) is 9.52. The van der Waals surface area contributed by atoms with Crippen molar-refractivity contribution in [3.63, 3.8) is 0 Å². The number of hydrogen-bond acceptors (Lipinski definition) is 4. The molecule has 0 saturated carbocycles. The van der Waals surface area contributed by atoms with Gasteiger partial charge in [0.25, 0.3) is 0 Å². The third-order valence-electron chi connectivity index (χ3n) is 6.30. The molecule has 2 heterocycles. The lowest BCUT2D eigenvalue weighted by Crippen LogP contribution is -2.47. The van der Waals surface area contributed by atoms with Crippen molar-refractivity contribution in [2.45, 2.75) is 44.2 Å². The van der Waals surface area contributed by atoms with Gasteiger partial charge in [-0.05, 0) is 49.6 Å². The fourth-order valence-electron chi connectivity index (χ4n) is 4.46. The van der Waals surface area contributed by atoms with Gasteiger partial charge >= 0.3 is 6.03 Å². The fourth-order valence-corrected chi connectivity index (χ4v) is 5.93. The SMILES string of the molecule is CC(=O)Nc1ccc(S(=O)(=O)N2CCC(N3CCN(Cc4ccc(C)cc4)C3=O)CC2)cc1. The van der Waals surface area contributed by atoms with E-state index in [0.717, 1.165) is 5.56 Å². The molecule has 8 nitrogen and oxygen atoms in total. The lowest BCUT2D eigenvalue weighted by atomic mass is 10.1. The van der Waals surface area contributed by atoms with Crippen LogP contribution in [0.25, 0.3) is 0 Å². The first-order valence-electron chi connectivity index (χ1n) is 11.2. The predicted molar refractivity (Wildman–Crippen MR) is 126 cm³/mol. The van der Waals surface area contributed by atoms with Gasteiger partial charge in [0, 0.05) is 51.4 Å². The van der Waals surface area contributed by atoms with Gasteiger partial charge in [0.05, 0.1) is 4.90 Å². The van der Waals surface area contributed by atoms with E-state index in [-0.39, 0.29) is 22.9 Å². The Morgan fingerprint density at radius 2 is 1.61 bits per heavy atom. The number of hydrogen-bond donors (Lipinski definition) is 1. The zero-order valence-corrected chi connectivity index (χ0v) is 19.8. The molecule has 2 aromatic carbocycles. The van der Waals surface area contributed by atoms with E-state index in [1.165, 1.54) is 28.9 Å². The Morgan fingerprint density at radius 1 is 0.970 bits per heavy atom. The van der Waals surface area contributed by atoms with Gasteiger partial charge < -0.3 is 15.1 Å². The number of nitrogens with one attached hydrogen (secondary N) is 1. The molecule has 2 aliphatic heterocycles. The lowest BCUT2D eigenvalue weighted by Gasteiger charge is -2.35. The number of benzene rings is 2. The molecule has 2 aliphatic rings. The standard InChI is InChI=1S/C24H30N4O4S/c1-18-3-5-20(6-4-18)17-26-15-16-28(24(26)30)22-11-13-27(14-12-22)33(31,32)23-9-7-21(8-10-23)25-19(2)29/h3-10,22H,11-17H2,1-2H3,(H,25,29). The molecule has 1 N–H and O–H groups in total. The molecule has 176 valence electrons. The number of amides is 3. The van der Waals surface area contributed by atoms with Crippen molar-refractivity contribution in [2.24, 2.45) is 0 Å². The molecule has 2 fully saturated rings. The monoisotopic (exact) mass is 470 g/mol. The molecule has 33 heavy (non-hydrogen) atoms. The van der Waals surface area contributed by atoms with Crippen molar-refractivity contribution < 1.29 is 18.0 Å². The van der Waals surface area contributed by atoms with E-state index in [0.29, 0.717) is 51.3 Å². The quantitative estimate of drug-likeness (QED) is 0.703. The smallest absolute Gasteiger partial charge is 0.320 e. The first kappa shape index (κ1) is 23.3. The van der Waals surface area contributed by atoms with Crippen molar-refractivity contribution in [3.05, 3.63) is 59.7 Å². The van der Waals surface area contributed by atoms with Crippen LogP contribution in [-0.2, 0) is 21.4 Å². The van der Waals surface area contributed by atoms with Crippen molar-refractivity contribution in [3.8, 4) is 0 Å². The maximum atomic E-state index is 13.0. The van der Waals surface area contributed by atoms with Gasteiger partial charge in [-0.15, -0.1) is 0 Å². The Balaban J connectivity index is 1.34. The van der Waals surface area contributed by atoms with Crippen LogP contribution >= 0.6 is 0 Å². The first-order valence-corrected chi connectivity index (χ1v) is 12.7. The zero-order valence-electron chi connectivity index (χ0n) is 19.0. The molecule has 0 aliphatic carbocycles. The highest BCUT2D eigenvalue weighted by Gasteiger charge is 2.37. The highest BCUT2D eigenvalue weighted by Crippen LogP contribution is 2.26. The van der Waals surface area contributed by atoms with Gasteiger partial charge in [-0.3, -0.25) is 4.79 Å². The van der Waals surface area contributed by atoms with Crippen molar-refractivity contribution in [1.29, 1.82) is 0 Å². The van der Waals surface area contributed by atoms with E-state index in [1.807, 2.05) is 16.7 Å². The molecular weight excluding hydrogens is 440 g/mol. The van der Waals surface area contributed by atoms with Gasteiger partial charge in [0.1, 0.15) is 0 Å². The normalized spacial score (nSPS) is 18.1. The Morgan fingerprint density at radius 3 is 2.21 bits per heavy atom. The number of aryl methyl sites for hydroxylation is 1. The topological polar surface area (TPSA) is 90.0 Å². The van der Waals surface area contributed by atoms with E-state index < -0.39 is 10.0 Å². The summed E-state index contributed by atoms with van der Waals surface area (Å²) in [5.74, 6) is -0.207. The third kappa shape index (κ3) is 5.20. The first-order chi connectivity index (χ1) is 15.7. The lowest BCUT2D eigenvalue weighted by molar-refractivity contribution is -0.114. The summed E-state index contributed by atoms with van der Waals surface area (Å²) in [6, 6.07) is 14.5. The highest BCUT2D eigenvalue weighted by molar-refractivity contribution is 7.89. The van der Waals surface area contributed by atoms with Crippen LogP contribution in [-0.4, -0.2) is 66.7 Å². The number of sulfonamides is 1. The van der Waals surface area contributed by atoms with E-state index in [4.69, 9.17) is 0 Å². The van der Waals surface area contributed by atoms with Gasteiger partial charge in [-0.1, -0.05) is 29.8 Å². The molecule has 0 spiro atoms. The van der Waals surface area contributed by atoms with Crippen LogP contribution in [0, 0.1) is 6.92 Å². The largest absolute Gasteiger partial charge is 0.326 e. The molecule has 3 amide bonds. The van der Waals surface area contributed by atoms with Crippen LogP contribution in [0.15, 0.2) is 53.4 Å². The van der Waals surface area contributed by atoms with Crippen LogP contribution < -0.4 is 5.32 Å². The summed E-state index contributed by atoms with van der Waals surface area (Å²) in [5, 5.41) is 2.64. The van der Waals surface area contributed by atoms with Gasteiger partial charge in [-0.2, -0.15) is 4.31 Å². The second-order valence-electron chi connectivity index (χ2n) is 8.72. The predicted octanol–water partition coefficient (Wildman–Crippen LogP) is 3.04. The van der Waals surface area contributed by atoms with Crippen LogP contribution in [0.3, 0.4) is 0 Å². The Kier molecular flexibility index (Phi) is 6.71. The summed E-state index contributed by atoms with van der Waals surface area (Å²) in [4.78, 5) is 28.1. The summed E-state index contributed by atoms with van der Waals surface area (Å²) in [6.07, 6.45) is 1.24. The number of rotatable bonds is 6. The Bertz CT molecular complexity index is 1110. The van der Waals surface area contributed by atoms with Crippen molar-refractivity contribution in [1.82, 2.24) is 14.1 Å². The van der Waals surface area contributed by atoms with Gasteiger partial charge in [-0.25, -0.2) is 13.2 Å². The van der Waals surface area contributed by atoms with Crippen LogP contribution in [0.5, 0.6) is 0 Å². The molecule has 0 unspecified atom stereocenters. The minimum absolute atomic E-state index is 0.0328. The Hall–Kier alpha value is -2.91. The van der Waals surface area contributed by atoms with Gasteiger partial charge in [0.2, 0.25) is 15.9 Å². The van der Waals surface area contributed by atoms with Gasteiger partial charge in [0.15, 0.2) is 0 Å². The summed E-state index contributed by atoms with van der Waals surface area (Å²) in [7, 11) is -3.62. The molecule has 0 atom stereocenters. The average molecular weight is 471 g/mol. The maximum Gasteiger partial charge on any atom is 0.320 e. The fraction of sp³-hybridized carbons (Fsp3) is 0.417. The maximum absolute atomic E-state index is 13.0. The summed E-state index contributed by atoms with van der Waals surface area (Å²) >= 11 is 0. The highest BCUT2D eigenvalue weighted by atomic mass is 32.2. The van der Waals surface area contributed by atoms with Crippen molar-refractivity contribution in [2.75, 3.05) is 31.5 Å². The number of carbonyl (C=O) groups excluding carboxylic acids is 2. The van der Waals surface area contributed by atoms with Crippen LogP contribution in [0.1, 0.15) is 30.9 Å². The van der Waals surface area contributed by atoms with E-state index >= 15 is 0 Å². The molecule has 0 radical (unpaired) electrons. The van der Waals surface area contributed by atoms with E-state index in [1.54, 1.807) is 12.1 Å². The third-order valence-corrected chi connectivity index (χ3v) is 8.21. The molecule has 4 rings (SSSR count). The second-order valence-corrected chi connectivity index (χ2v) is 10.7. The molecule has 2 aromatic rings.